The Kier molecular flexibility index (Phi) is 7.17. The standard InChI is InChI=1S/C17H29BrN2O/c1-12(11-17(2,3)4)8-15(20-19)10-13-9-14(18)6-7-16(13)21-5/h6-7,9,12,15,20H,8,10-11,19H2,1-5H3. The summed E-state index contributed by atoms with van der Waals surface area (Å²) in [5, 5.41) is 0. The number of halogens is 1. The highest BCUT2D eigenvalue weighted by Crippen LogP contribution is 2.29. The van der Waals surface area contributed by atoms with Crippen molar-refractivity contribution in [3.05, 3.63) is 28.2 Å². The van der Waals surface area contributed by atoms with E-state index in [2.05, 4.69) is 55.1 Å². The van der Waals surface area contributed by atoms with E-state index in [1.54, 1.807) is 7.11 Å². The molecule has 3 nitrogen and oxygen atoms in total. The van der Waals surface area contributed by atoms with E-state index in [-0.39, 0.29) is 6.04 Å². The molecule has 0 aliphatic carbocycles. The quantitative estimate of drug-likeness (QED) is 0.565. The van der Waals surface area contributed by atoms with Gasteiger partial charge in [-0.25, -0.2) is 0 Å². The van der Waals surface area contributed by atoms with Gasteiger partial charge in [0.2, 0.25) is 0 Å². The van der Waals surface area contributed by atoms with Gasteiger partial charge in [0.25, 0.3) is 0 Å². The molecule has 2 atom stereocenters. The van der Waals surface area contributed by atoms with Gasteiger partial charge in [-0.1, -0.05) is 43.6 Å². The molecule has 4 heteroatoms. The molecule has 0 bridgehead atoms. The van der Waals surface area contributed by atoms with Crippen LogP contribution in [-0.2, 0) is 6.42 Å². The molecule has 0 aliphatic heterocycles. The summed E-state index contributed by atoms with van der Waals surface area (Å²) in [6.07, 6.45) is 3.12. The maximum atomic E-state index is 5.76. The fraction of sp³-hybridized carbons (Fsp3) is 0.647. The van der Waals surface area contributed by atoms with Gasteiger partial charge in [-0.2, -0.15) is 0 Å². The molecule has 1 rings (SSSR count). The van der Waals surface area contributed by atoms with E-state index >= 15 is 0 Å². The van der Waals surface area contributed by atoms with Gasteiger partial charge in [0, 0.05) is 10.5 Å². The fourth-order valence-corrected chi connectivity index (χ4v) is 3.41. The zero-order valence-corrected chi connectivity index (χ0v) is 15.5. The van der Waals surface area contributed by atoms with E-state index < -0.39 is 0 Å². The van der Waals surface area contributed by atoms with Gasteiger partial charge in [0.05, 0.1) is 7.11 Å². The number of hydrogen-bond donors (Lipinski definition) is 2. The summed E-state index contributed by atoms with van der Waals surface area (Å²) in [4.78, 5) is 0. The number of ether oxygens (including phenoxy) is 1. The third-order valence-electron chi connectivity index (χ3n) is 3.59. The first-order chi connectivity index (χ1) is 9.75. The largest absolute Gasteiger partial charge is 0.496 e. The average molecular weight is 357 g/mol. The van der Waals surface area contributed by atoms with Crippen LogP contribution in [0.4, 0.5) is 0 Å². The summed E-state index contributed by atoms with van der Waals surface area (Å²) in [7, 11) is 1.71. The molecule has 0 fully saturated rings. The molecule has 0 aliphatic rings. The average Bonchev–Trinajstić information content (AvgIpc) is 2.36. The number of hydrogen-bond acceptors (Lipinski definition) is 3. The van der Waals surface area contributed by atoms with Crippen molar-refractivity contribution in [3.63, 3.8) is 0 Å². The topological polar surface area (TPSA) is 47.3 Å². The maximum absolute atomic E-state index is 5.76. The normalized spacial score (nSPS) is 14.8. The second kappa shape index (κ2) is 8.16. The molecule has 1 aromatic carbocycles. The lowest BCUT2D eigenvalue weighted by molar-refractivity contribution is 0.274. The van der Waals surface area contributed by atoms with Gasteiger partial charge in [0.15, 0.2) is 0 Å². The van der Waals surface area contributed by atoms with Crippen LogP contribution in [0.5, 0.6) is 5.75 Å². The van der Waals surface area contributed by atoms with Crippen molar-refractivity contribution < 1.29 is 4.74 Å². The third-order valence-corrected chi connectivity index (χ3v) is 4.09. The molecule has 120 valence electrons. The highest BCUT2D eigenvalue weighted by molar-refractivity contribution is 9.10. The fourth-order valence-electron chi connectivity index (χ4n) is 3.00. The van der Waals surface area contributed by atoms with Crippen molar-refractivity contribution >= 4 is 15.9 Å². The Balaban J connectivity index is 2.72. The molecule has 0 heterocycles. The minimum Gasteiger partial charge on any atom is -0.496 e. The molecule has 0 amide bonds. The van der Waals surface area contributed by atoms with Gasteiger partial charge < -0.3 is 4.74 Å². The van der Waals surface area contributed by atoms with Crippen LogP contribution in [0.1, 0.15) is 46.1 Å². The first-order valence-corrected chi connectivity index (χ1v) is 8.33. The van der Waals surface area contributed by atoms with Crippen molar-refractivity contribution in [1.82, 2.24) is 5.43 Å². The molecule has 0 radical (unpaired) electrons. The summed E-state index contributed by atoms with van der Waals surface area (Å²) < 4.78 is 6.51. The summed E-state index contributed by atoms with van der Waals surface area (Å²) in [5.41, 5.74) is 4.50. The molecule has 3 N–H and O–H groups in total. The molecule has 0 aromatic heterocycles. The second-order valence-electron chi connectivity index (χ2n) is 7.13. The zero-order valence-electron chi connectivity index (χ0n) is 13.9. The lowest BCUT2D eigenvalue weighted by Crippen LogP contribution is -2.38. The lowest BCUT2D eigenvalue weighted by atomic mass is 9.82. The highest BCUT2D eigenvalue weighted by Gasteiger charge is 2.20. The Morgan fingerprint density at radius 1 is 1.33 bits per heavy atom. The predicted molar refractivity (Wildman–Crippen MR) is 93.4 cm³/mol. The second-order valence-corrected chi connectivity index (χ2v) is 8.05. The van der Waals surface area contributed by atoms with Crippen molar-refractivity contribution in [1.29, 1.82) is 0 Å². The minimum atomic E-state index is 0.255. The van der Waals surface area contributed by atoms with Crippen molar-refractivity contribution in [2.24, 2.45) is 17.2 Å². The number of nitrogens with one attached hydrogen (secondary N) is 1. The Morgan fingerprint density at radius 3 is 2.52 bits per heavy atom. The van der Waals surface area contributed by atoms with Gasteiger partial charge in [-0.3, -0.25) is 11.3 Å². The molecule has 0 saturated carbocycles. The minimum absolute atomic E-state index is 0.255. The number of rotatable bonds is 7. The zero-order chi connectivity index (χ0) is 16.0. The van der Waals surface area contributed by atoms with Crippen LogP contribution in [0.2, 0.25) is 0 Å². The molecule has 0 saturated heterocycles. The Labute approximate surface area is 137 Å². The Bertz CT molecular complexity index is 443. The number of hydrazine groups is 1. The van der Waals surface area contributed by atoms with Crippen LogP contribution in [0, 0.1) is 11.3 Å². The van der Waals surface area contributed by atoms with E-state index in [0.29, 0.717) is 11.3 Å². The van der Waals surface area contributed by atoms with E-state index in [9.17, 15) is 0 Å². The van der Waals surface area contributed by atoms with Crippen molar-refractivity contribution in [2.45, 2.75) is 53.0 Å². The number of methoxy groups -OCH3 is 1. The van der Waals surface area contributed by atoms with Gasteiger partial charge in [-0.15, -0.1) is 0 Å². The number of benzene rings is 1. The monoisotopic (exact) mass is 356 g/mol. The van der Waals surface area contributed by atoms with E-state index in [1.165, 1.54) is 12.0 Å². The third kappa shape index (κ3) is 6.81. The van der Waals surface area contributed by atoms with Crippen LogP contribution in [0.15, 0.2) is 22.7 Å². The Hall–Kier alpha value is -0.580. The SMILES string of the molecule is COc1ccc(Br)cc1CC(CC(C)CC(C)(C)C)NN. The summed E-state index contributed by atoms with van der Waals surface area (Å²) in [6.45, 7) is 9.15. The highest BCUT2D eigenvalue weighted by atomic mass is 79.9. The molecule has 2 unspecified atom stereocenters. The summed E-state index contributed by atoms with van der Waals surface area (Å²) >= 11 is 3.52. The Morgan fingerprint density at radius 2 is 2.00 bits per heavy atom. The first-order valence-electron chi connectivity index (χ1n) is 7.53. The predicted octanol–water partition coefficient (Wildman–Crippen LogP) is 4.29. The van der Waals surface area contributed by atoms with Crippen LogP contribution >= 0.6 is 15.9 Å². The van der Waals surface area contributed by atoms with E-state index in [1.807, 2.05) is 12.1 Å². The molecular weight excluding hydrogens is 328 g/mol. The molecular formula is C17H29BrN2O. The van der Waals surface area contributed by atoms with Crippen molar-refractivity contribution in [3.8, 4) is 5.75 Å². The van der Waals surface area contributed by atoms with Crippen LogP contribution in [0.25, 0.3) is 0 Å². The van der Waals surface area contributed by atoms with Crippen LogP contribution < -0.4 is 16.0 Å². The van der Waals surface area contributed by atoms with Crippen LogP contribution in [-0.4, -0.2) is 13.2 Å². The molecule has 1 aromatic rings. The van der Waals surface area contributed by atoms with Gasteiger partial charge >= 0.3 is 0 Å². The van der Waals surface area contributed by atoms with Gasteiger partial charge in [0.1, 0.15) is 5.75 Å². The van der Waals surface area contributed by atoms with Gasteiger partial charge in [-0.05, 0) is 54.4 Å². The van der Waals surface area contributed by atoms with Crippen LogP contribution in [0.3, 0.4) is 0 Å². The first kappa shape index (κ1) is 18.5. The summed E-state index contributed by atoms with van der Waals surface area (Å²) in [6, 6.07) is 6.35. The van der Waals surface area contributed by atoms with Crippen molar-refractivity contribution in [2.75, 3.05) is 7.11 Å². The van der Waals surface area contributed by atoms with E-state index in [0.717, 1.165) is 23.1 Å². The summed E-state index contributed by atoms with van der Waals surface area (Å²) in [5.74, 6) is 7.31. The molecule has 21 heavy (non-hydrogen) atoms. The molecule has 0 spiro atoms. The van der Waals surface area contributed by atoms with E-state index in [4.69, 9.17) is 10.6 Å². The number of nitrogens with two attached hydrogens (primary N) is 1. The maximum Gasteiger partial charge on any atom is 0.122 e. The smallest absolute Gasteiger partial charge is 0.122 e. The lowest BCUT2D eigenvalue weighted by Gasteiger charge is -2.26.